The van der Waals surface area contributed by atoms with Gasteiger partial charge in [0.2, 0.25) is 10.0 Å². The average Bonchev–Trinajstić information content (AvgIpc) is 2.38. The third-order valence-corrected chi connectivity index (χ3v) is 5.76. The van der Waals surface area contributed by atoms with Crippen LogP contribution in [0.15, 0.2) is 0 Å². The molecule has 2 aliphatic heterocycles. The van der Waals surface area contributed by atoms with Crippen molar-refractivity contribution in [1.82, 2.24) is 9.21 Å². The van der Waals surface area contributed by atoms with E-state index in [0.717, 1.165) is 39.1 Å². The van der Waals surface area contributed by atoms with Gasteiger partial charge >= 0.3 is 0 Å². The molecule has 18 heavy (non-hydrogen) atoms. The fraction of sp³-hybridized carbons (Fsp3) is 1.00. The van der Waals surface area contributed by atoms with E-state index in [1.165, 1.54) is 0 Å². The first-order chi connectivity index (χ1) is 8.58. The molecule has 2 rings (SSSR count). The Morgan fingerprint density at radius 3 is 2.33 bits per heavy atom. The van der Waals surface area contributed by atoms with Crippen LogP contribution >= 0.6 is 0 Å². The summed E-state index contributed by atoms with van der Waals surface area (Å²) in [6.45, 7) is 7.39. The molecule has 0 aliphatic carbocycles. The van der Waals surface area contributed by atoms with Crippen LogP contribution in [0.1, 0.15) is 19.8 Å². The number of hydrogen-bond acceptors (Lipinski definition) is 4. The Morgan fingerprint density at radius 2 is 1.72 bits per heavy atom. The van der Waals surface area contributed by atoms with Crippen LogP contribution in [0.3, 0.4) is 0 Å². The highest BCUT2D eigenvalue weighted by Gasteiger charge is 2.26. The Hall–Kier alpha value is -0.170. The zero-order valence-electron chi connectivity index (χ0n) is 11.2. The molecule has 0 bridgehead atoms. The SMILES string of the molecule is CC1CCN(S(=O)(=O)CCN2CCOCC2)CC1. The summed E-state index contributed by atoms with van der Waals surface area (Å²) >= 11 is 0. The maximum absolute atomic E-state index is 12.2. The van der Waals surface area contributed by atoms with Crippen molar-refractivity contribution in [2.24, 2.45) is 5.92 Å². The van der Waals surface area contributed by atoms with E-state index in [0.29, 0.717) is 25.6 Å². The minimum atomic E-state index is -3.06. The van der Waals surface area contributed by atoms with Gasteiger partial charge in [0.05, 0.1) is 19.0 Å². The lowest BCUT2D eigenvalue weighted by Crippen LogP contribution is -2.44. The fourth-order valence-electron chi connectivity index (χ4n) is 2.46. The molecule has 2 saturated heterocycles. The fourth-order valence-corrected chi connectivity index (χ4v) is 3.98. The third kappa shape index (κ3) is 3.91. The van der Waals surface area contributed by atoms with Crippen molar-refractivity contribution in [2.45, 2.75) is 19.8 Å². The molecule has 0 aromatic heterocycles. The van der Waals surface area contributed by atoms with Crippen LogP contribution in [0, 0.1) is 5.92 Å². The normalized spacial score (nSPS) is 25.4. The number of ether oxygens (including phenoxy) is 1. The van der Waals surface area contributed by atoms with Gasteiger partial charge in [-0.05, 0) is 18.8 Å². The highest BCUT2D eigenvalue weighted by atomic mass is 32.2. The number of morpholine rings is 1. The first kappa shape index (κ1) is 14.2. The van der Waals surface area contributed by atoms with Crippen LogP contribution in [0.5, 0.6) is 0 Å². The molecule has 0 N–H and O–H groups in total. The van der Waals surface area contributed by atoms with Gasteiger partial charge in [-0.2, -0.15) is 0 Å². The summed E-state index contributed by atoms with van der Waals surface area (Å²) in [6, 6.07) is 0. The molecule has 6 heteroatoms. The van der Waals surface area contributed by atoms with Crippen molar-refractivity contribution in [3.8, 4) is 0 Å². The van der Waals surface area contributed by atoms with Gasteiger partial charge < -0.3 is 4.74 Å². The highest BCUT2D eigenvalue weighted by molar-refractivity contribution is 7.89. The van der Waals surface area contributed by atoms with E-state index in [1.54, 1.807) is 4.31 Å². The topological polar surface area (TPSA) is 49.9 Å². The zero-order chi connectivity index (χ0) is 13.0. The minimum absolute atomic E-state index is 0.251. The molecule has 0 amide bonds. The molecule has 5 nitrogen and oxygen atoms in total. The number of piperidine rings is 1. The summed E-state index contributed by atoms with van der Waals surface area (Å²) in [6.07, 6.45) is 1.99. The van der Waals surface area contributed by atoms with Crippen LogP contribution in [0.25, 0.3) is 0 Å². The monoisotopic (exact) mass is 276 g/mol. The lowest BCUT2D eigenvalue weighted by molar-refractivity contribution is 0.0406. The van der Waals surface area contributed by atoms with Gasteiger partial charge in [-0.1, -0.05) is 6.92 Å². The molecule has 2 heterocycles. The molecule has 2 aliphatic rings. The molecule has 0 spiro atoms. The Morgan fingerprint density at radius 1 is 1.11 bits per heavy atom. The van der Waals surface area contributed by atoms with Crippen molar-refractivity contribution in [2.75, 3.05) is 51.7 Å². The van der Waals surface area contributed by atoms with E-state index in [2.05, 4.69) is 11.8 Å². The van der Waals surface area contributed by atoms with Gasteiger partial charge in [0.25, 0.3) is 0 Å². The predicted octanol–water partition coefficient (Wildman–Crippen LogP) is 0.380. The molecule has 0 saturated carbocycles. The summed E-state index contributed by atoms with van der Waals surface area (Å²) in [5, 5.41) is 0. The number of hydrogen-bond donors (Lipinski definition) is 0. The van der Waals surface area contributed by atoms with Crippen LogP contribution in [0.4, 0.5) is 0 Å². The Kier molecular flexibility index (Phi) is 5.00. The van der Waals surface area contributed by atoms with Crippen LogP contribution in [0.2, 0.25) is 0 Å². The summed E-state index contributed by atoms with van der Waals surface area (Å²) in [5.41, 5.74) is 0. The molecule has 2 fully saturated rings. The molecule has 0 aromatic rings. The summed E-state index contributed by atoms with van der Waals surface area (Å²) in [5.74, 6) is 0.914. The first-order valence-corrected chi connectivity index (χ1v) is 8.47. The van der Waals surface area contributed by atoms with Gasteiger partial charge in [0.1, 0.15) is 0 Å². The second-order valence-electron chi connectivity index (χ2n) is 5.35. The van der Waals surface area contributed by atoms with Crippen LogP contribution in [-0.2, 0) is 14.8 Å². The zero-order valence-corrected chi connectivity index (χ0v) is 12.0. The molecule has 0 unspecified atom stereocenters. The molecule has 0 radical (unpaired) electrons. The summed E-state index contributed by atoms with van der Waals surface area (Å²) in [4.78, 5) is 2.17. The molecular formula is C12H24N2O3S. The summed E-state index contributed by atoms with van der Waals surface area (Å²) < 4.78 is 31.3. The second-order valence-corrected chi connectivity index (χ2v) is 7.44. The maximum atomic E-state index is 12.2. The van der Waals surface area contributed by atoms with Crippen molar-refractivity contribution in [1.29, 1.82) is 0 Å². The van der Waals surface area contributed by atoms with Crippen LogP contribution in [-0.4, -0.2) is 69.3 Å². The van der Waals surface area contributed by atoms with Crippen molar-refractivity contribution in [3.05, 3.63) is 0 Å². The third-order valence-electron chi connectivity index (χ3n) is 3.91. The minimum Gasteiger partial charge on any atom is -0.379 e. The average molecular weight is 276 g/mol. The lowest BCUT2D eigenvalue weighted by atomic mass is 10.0. The number of nitrogens with zero attached hydrogens (tertiary/aromatic N) is 2. The van der Waals surface area contributed by atoms with Gasteiger partial charge in [0, 0.05) is 32.7 Å². The van der Waals surface area contributed by atoms with Gasteiger partial charge in [-0.15, -0.1) is 0 Å². The van der Waals surface area contributed by atoms with Crippen molar-refractivity contribution < 1.29 is 13.2 Å². The standard InChI is InChI=1S/C12H24N2O3S/c1-12-2-4-14(5-3-12)18(15,16)11-8-13-6-9-17-10-7-13/h12H,2-11H2,1H3. The van der Waals surface area contributed by atoms with Crippen molar-refractivity contribution >= 4 is 10.0 Å². The Balaban J connectivity index is 1.79. The highest BCUT2D eigenvalue weighted by Crippen LogP contribution is 2.19. The quantitative estimate of drug-likeness (QED) is 0.745. The van der Waals surface area contributed by atoms with Crippen molar-refractivity contribution in [3.63, 3.8) is 0 Å². The number of rotatable bonds is 4. The first-order valence-electron chi connectivity index (χ1n) is 6.86. The predicted molar refractivity (Wildman–Crippen MR) is 71.0 cm³/mol. The van der Waals surface area contributed by atoms with E-state index in [4.69, 9.17) is 4.74 Å². The maximum Gasteiger partial charge on any atom is 0.215 e. The van der Waals surface area contributed by atoms with Gasteiger partial charge in [-0.25, -0.2) is 12.7 Å². The van der Waals surface area contributed by atoms with E-state index in [9.17, 15) is 8.42 Å². The Labute approximate surface area is 110 Å². The lowest BCUT2D eigenvalue weighted by Gasteiger charge is -2.31. The summed E-state index contributed by atoms with van der Waals surface area (Å²) in [7, 11) is -3.06. The second kappa shape index (κ2) is 6.32. The Bertz CT molecular complexity index is 344. The molecule has 106 valence electrons. The largest absolute Gasteiger partial charge is 0.379 e. The van der Waals surface area contributed by atoms with Gasteiger partial charge in [0.15, 0.2) is 0 Å². The van der Waals surface area contributed by atoms with E-state index in [-0.39, 0.29) is 5.75 Å². The van der Waals surface area contributed by atoms with Crippen LogP contribution < -0.4 is 0 Å². The molecular weight excluding hydrogens is 252 g/mol. The van der Waals surface area contributed by atoms with E-state index >= 15 is 0 Å². The molecule has 0 aromatic carbocycles. The van der Waals surface area contributed by atoms with Gasteiger partial charge in [-0.3, -0.25) is 4.90 Å². The molecule has 0 atom stereocenters. The van der Waals surface area contributed by atoms with E-state index < -0.39 is 10.0 Å². The smallest absolute Gasteiger partial charge is 0.215 e. The number of sulfonamides is 1. The van der Waals surface area contributed by atoms with E-state index in [1.807, 2.05) is 0 Å².